The molecular weight excluding hydrogens is 194 g/mol. The normalized spacial score (nSPS) is 12.2. The number of thioether (sulfide) groups is 1. The topological polar surface area (TPSA) is 86.6 Å². The van der Waals surface area contributed by atoms with E-state index in [0.717, 1.165) is 11.8 Å². The molecule has 0 aromatic carbocycles. The molecule has 0 saturated carbocycles. The molecule has 0 aromatic heterocycles. The van der Waals surface area contributed by atoms with E-state index in [9.17, 15) is 9.59 Å². The number of amides is 1. The molecule has 0 aliphatic rings. The minimum absolute atomic E-state index is 0.00182. The van der Waals surface area contributed by atoms with E-state index < -0.39 is 11.2 Å². The van der Waals surface area contributed by atoms with Crippen molar-refractivity contribution in [3.8, 4) is 0 Å². The predicted molar refractivity (Wildman–Crippen MR) is 49.7 cm³/mol. The Kier molecular flexibility index (Phi) is 6.34. The maximum Gasteiger partial charge on any atom is 0.304 e. The molecule has 0 aliphatic heterocycles. The molecule has 5 nitrogen and oxygen atoms in total. The number of carboxylic acid groups (broad SMARTS) is 1. The maximum atomic E-state index is 11.0. The molecule has 0 aliphatic carbocycles. The van der Waals surface area contributed by atoms with Crippen LogP contribution in [0.5, 0.6) is 0 Å². The number of rotatable bonds is 6. The van der Waals surface area contributed by atoms with Crippen LogP contribution in [0.15, 0.2) is 0 Å². The number of aliphatic carboxylic acids is 1. The highest BCUT2D eigenvalue weighted by molar-refractivity contribution is 8.00. The highest BCUT2D eigenvalue weighted by Gasteiger charge is 2.16. The Morgan fingerprint density at radius 2 is 2.15 bits per heavy atom. The van der Waals surface area contributed by atoms with Crippen molar-refractivity contribution in [3.05, 3.63) is 0 Å². The van der Waals surface area contributed by atoms with Gasteiger partial charge in [0, 0.05) is 12.8 Å². The summed E-state index contributed by atoms with van der Waals surface area (Å²) in [7, 11) is 1.47. The van der Waals surface area contributed by atoms with Gasteiger partial charge in [0.1, 0.15) is 5.25 Å². The number of carboxylic acids is 1. The Bertz CT molecular complexity index is 185. The van der Waals surface area contributed by atoms with Crippen LogP contribution in [0.25, 0.3) is 0 Å². The summed E-state index contributed by atoms with van der Waals surface area (Å²) in [6.45, 7) is -0.274. The number of hydrogen-bond acceptors (Lipinski definition) is 4. The Hall–Kier alpha value is -0.750. The molecule has 1 amide bonds. The van der Waals surface area contributed by atoms with E-state index in [1.165, 1.54) is 7.05 Å². The van der Waals surface area contributed by atoms with E-state index in [4.69, 9.17) is 10.2 Å². The van der Waals surface area contributed by atoms with Gasteiger partial charge in [-0.15, -0.1) is 11.8 Å². The van der Waals surface area contributed by atoms with Gasteiger partial charge in [-0.3, -0.25) is 9.59 Å². The van der Waals surface area contributed by atoms with Gasteiger partial charge in [-0.25, -0.2) is 0 Å². The number of hydrogen-bond donors (Lipinski definition) is 3. The summed E-state index contributed by atoms with van der Waals surface area (Å²) in [5.74, 6) is -0.854. The molecule has 0 bridgehead atoms. The van der Waals surface area contributed by atoms with E-state index >= 15 is 0 Å². The molecule has 3 N–H and O–H groups in total. The molecular formula is C7H13NO4S. The molecule has 76 valence electrons. The summed E-state index contributed by atoms with van der Waals surface area (Å²) >= 11 is 1.14. The second kappa shape index (κ2) is 6.73. The van der Waals surface area contributed by atoms with Crippen molar-refractivity contribution in [1.82, 2.24) is 5.32 Å². The number of carbonyl (C=O) groups is 2. The second-order valence-electron chi connectivity index (χ2n) is 2.30. The average molecular weight is 207 g/mol. The standard InChI is InChI=1S/C7H13NO4S/c1-8-7(12)5(4-9)13-3-2-6(10)11/h5,9H,2-4H2,1H3,(H,8,12)(H,10,11). The van der Waals surface area contributed by atoms with Gasteiger partial charge < -0.3 is 15.5 Å². The smallest absolute Gasteiger partial charge is 0.304 e. The summed E-state index contributed by atoms with van der Waals surface area (Å²) in [6, 6.07) is 0. The fraction of sp³-hybridized carbons (Fsp3) is 0.714. The van der Waals surface area contributed by atoms with Crippen LogP contribution in [-0.4, -0.2) is 46.7 Å². The second-order valence-corrected chi connectivity index (χ2v) is 3.61. The lowest BCUT2D eigenvalue weighted by atomic mass is 10.4. The fourth-order valence-corrected chi connectivity index (χ4v) is 1.61. The van der Waals surface area contributed by atoms with E-state index in [0.29, 0.717) is 5.75 Å². The molecule has 0 spiro atoms. The number of carbonyl (C=O) groups excluding carboxylic acids is 1. The lowest BCUT2D eigenvalue weighted by Crippen LogP contribution is -2.32. The largest absolute Gasteiger partial charge is 0.481 e. The molecule has 1 atom stereocenters. The number of nitrogens with one attached hydrogen (secondary N) is 1. The van der Waals surface area contributed by atoms with E-state index in [1.54, 1.807) is 0 Å². The highest BCUT2D eigenvalue weighted by atomic mass is 32.2. The SMILES string of the molecule is CNC(=O)C(CO)SCCC(=O)O. The monoisotopic (exact) mass is 207 g/mol. The zero-order valence-electron chi connectivity index (χ0n) is 7.32. The molecule has 0 fully saturated rings. The lowest BCUT2D eigenvalue weighted by molar-refractivity contribution is -0.136. The van der Waals surface area contributed by atoms with E-state index in [2.05, 4.69) is 5.32 Å². The molecule has 0 rings (SSSR count). The van der Waals surface area contributed by atoms with E-state index in [1.807, 2.05) is 0 Å². The Labute approximate surface area is 80.5 Å². The van der Waals surface area contributed by atoms with Crippen LogP contribution in [0.1, 0.15) is 6.42 Å². The molecule has 1 unspecified atom stereocenters. The molecule has 13 heavy (non-hydrogen) atoms. The van der Waals surface area contributed by atoms with Gasteiger partial charge in [-0.1, -0.05) is 0 Å². The van der Waals surface area contributed by atoms with Gasteiger partial charge >= 0.3 is 5.97 Å². The summed E-state index contributed by atoms with van der Waals surface area (Å²) < 4.78 is 0. The van der Waals surface area contributed by atoms with Gasteiger partial charge in [0.15, 0.2) is 0 Å². The first-order valence-electron chi connectivity index (χ1n) is 3.77. The molecule has 6 heteroatoms. The van der Waals surface area contributed by atoms with E-state index in [-0.39, 0.29) is 18.9 Å². The number of aliphatic hydroxyl groups is 1. The third-order valence-corrected chi connectivity index (χ3v) is 2.54. The summed E-state index contributed by atoms with van der Waals surface area (Å²) in [5.41, 5.74) is 0. The van der Waals surface area contributed by atoms with Gasteiger partial charge in [0.05, 0.1) is 13.0 Å². The van der Waals surface area contributed by atoms with Crippen LogP contribution in [-0.2, 0) is 9.59 Å². The van der Waals surface area contributed by atoms with Crippen LogP contribution in [0.2, 0.25) is 0 Å². The van der Waals surface area contributed by atoms with Crippen molar-refractivity contribution in [2.24, 2.45) is 0 Å². The molecule has 0 radical (unpaired) electrons. The summed E-state index contributed by atoms with van der Waals surface area (Å²) in [4.78, 5) is 21.1. The van der Waals surface area contributed by atoms with Crippen LogP contribution in [0, 0.1) is 0 Å². The van der Waals surface area contributed by atoms with Gasteiger partial charge in [0.25, 0.3) is 0 Å². The third kappa shape index (κ3) is 5.48. The zero-order valence-corrected chi connectivity index (χ0v) is 8.13. The first-order valence-corrected chi connectivity index (χ1v) is 4.82. The van der Waals surface area contributed by atoms with Crippen LogP contribution in [0.4, 0.5) is 0 Å². The first kappa shape index (κ1) is 12.2. The lowest BCUT2D eigenvalue weighted by Gasteiger charge is -2.10. The Morgan fingerprint density at radius 3 is 2.54 bits per heavy atom. The Balaban J connectivity index is 3.72. The quantitative estimate of drug-likeness (QED) is 0.536. The Morgan fingerprint density at radius 1 is 1.54 bits per heavy atom. The van der Waals surface area contributed by atoms with Crippen LogP contribution >= 0.6 is 11.8 Å². The fourth-order valence-electron chi connectivity index (χ4n) is 0.661. The third-order valence-electron chi connectivity index (χ3n) is 1.34. The minimum atomic E-state index is -0.902. The van der Waals surface area contributed by atoms with Crippen molar-refractivity contribution in [1.29, 1.82) is 0 Å². The van der Waals surface area contributed by atoms with Crippen LogP contribution in [0.3, 0.4) is 0 Å². The number of aliphatic hydroxyl groups excluding tert-OH is 1. The van der Waals surface area contributed by atoms with Crippen LogP contribution < -0.4 is 5.32 Å². The highest BCUT2D eigenvalue weighted by Crippen LogP contribution is 2.11. The average Bonchev–Trinajstić information content (AvgIpc) is 2.11. The van der Waals surface area contributed by atoms with Crippen molar-refractivity contribution in [2.45, 2.75) is 11.7 Å². The predicted octanol–water partition coefficient (Wildman–Crippen LogP) is -0.699. The van der Waals surface area contributed by atoms with Crippen molar-refractivity contribution in [3.63, 3.8) is 0 Å². The summed E-state index contributed by atoms with van der Waals surface area (Å²) in [5, 5.41) is 18.9. The molecule has 0 heterocycles. The van der Waals surface area contributed by atoms with Gasteiger partial charge in [-0.05, 0) is 0 Å². The van der Waals surface area contributed by atoms with Crippen molar-refractivity contribution < 1.29 is 19.8 Å². The molecule has 0 aromatic rings. The zero-order chi connectivity index (χ0) is 10.3. The minimum Gasteiger partial charge on any atom is -0.481 e. The van der Waals surface area contributed by atoms with Gasteiger partial charge in [-0.2, -0.15) is 0 Å². The summed E-state index contributed by atoms with van der Waals surface area (Å²) in [6.07, 6.45) is -0.00182. The first-order chi connectivity index (χ1) is 6.11. The molecule has 0 saturated heterocycles. The van der Waals surface area contributed by atoms with Gasteiger partial charge in [0.2, 0.25) is 5.91 Å². The van der Waals surface area contributed by atoms with Crippen molar-refractivity contribution >= 4 is 23.6 Å². The maximum absolute atomic E-state index is 11.0. The van der Waals surface area contributed by atoms with Crippen molar-refractivity contribution in [2.75, 3.05) is 19.4 Å².